The zero-order valence-corrected chi connectivity index (χ0v) is 15.1. The number of hydrogen-bond donors (Lipinski definition) is 1. The lowest BCUT2D eigenvalue weighted by molar-refractivity contribution is -0.119. The van der Waals surface area contributed by atoms with E-state index in [-0.39, 0.29) is 12.5 Å². The fourth-order valence-electron chi connectivity index (χ4n) is 2.29. The van der Waals surface area contributed by atoms with Crippen molar-refractivity contribution in [2.45, 2.75) is 27.2 Å². The van der Waals surface area contributed by atoms with Crippen LogP contribution in [0.15, 0.2) is 18.2 Å². The number of nitrogens with one attached hydrogen (secondary N) is 1. The first-order valence-corrected chi connectivity index (χ1v) is 9.50. The number of amides is 1. The first-order chi connectivity index (χ1) is 10.8. The molecule has 0 aliphatic rings. The van der Waals surface area contributed by atoms with Crippen LogP contribution in [-0.2, 0) is 19.6 Å². The van der Waals surface area contributed by atoms with Gasteiger partial charge in [0.2, 0.25) is 15.9 Å². The Morgan fingerprint density at radius 2 is 1.87 bits per heavy atom. The number of ether oxygens (including phenoxy) is 1. The van der Waals surface area contributed by atoms with Gasteiger partial charge in [-0.25, -0.2) is 8.42 Å². The number of benzene rings is 1. The van der Waals surface area contributed by atoms with Crippen molar-refractivity contribution in [3.05, 3.63) is 29.3 Å². The number of para-hydroxylation sites is 1. The highest BCUT2D eigenvalue weighted by atomic mass is 32.2. The number of carbonyl (C=O) groups is 1. The van der Waals surface area contributed by atoms with Gasteiger partial charge < -0.3 is 10.1 Å². The molecule has 0 radical (unpaired) electrons. The Morgan fingerprint density at radius 1 is 1.26 bits per heavy atom. The van der Waals surface area contributed by atoms with Gasteiger partial charge in [-0.2, -0.15) is 0 Å². The van der Waals surface area contributed by atoms with E-state index in [0.717, 1.165) is 21.7 Å². The molecule has 0 aliphatic heterocycles. The Bertz CT molecular complexity index is 609. The summed E-state index contributed by atoms with van der Waals surface area (Å²) >= 11 is 0. The summed E-state index contributed by atoms with van der Waals surface area (Å²) in [6, 6.07) is 5.53. The molecule has 7 heteroatoms. The molecule has 0 fully saturated rings. The molecule has 130 valence electrons. The average Bonchev–Trinajstić information content (AvgIpc) is 2.44. The van der Waals surface area contributed by atoms with Crippen molar-refractivity contribution in [1.82, 2.24) is 5.32 Å². The SMILES string of the molecule is CCOCCCNC(=O)CN(c1c(C)cccc1C)S(C)(=O)=O. The number of rotatable bonds is 9. The van der Waals surface area contributed by atoms with Crippen molar-refractivity contribution in [3.8, 4) is 0 Å². The van der Waals surface area contributed by atoms with Crippen LogP contribution < -0.4 is 9.62 Å². The molecule has 1 amide bonds. The third kappa shape index (κ3) is 6.19. The first kappa shape index (κ1) is 19.4. The number of hydrogen-bond acceptors (Lipinski definition) is 4. The standard InChI is InChI=1S/C16H26N2O4S/c1-5-22-11-7-10-17-15(19)12-18(23(4,20)21)16-13(2)8-6-9-14(16)3/h6,8-9H,5,7,10-12H2,1-4H3,(H,17,19). The van der Waals surface area contributed by atoms with Crippen LogP contribution in [0, 0.1) is 13.8 Å². The number of anilines is 1. The maximum absolute atomic E-state index is 12.1. The van der Waals surface area contributed by atoms with Crippen molar-refractivity contribution < 1.29 is 17.9 Å². The number of sulfonamides is 1. The van der Waals surface area contributed by atoms with E-state index in [1.807, 2.05) is 39.0 Å². The van der Waals surface area contributed by atoms with Gasteiger partial charge in [0, 0.05) is 19.8 Å². The summed E-state index contributed by atoms with van der Waals surface area (Å²) in [6.45, 7) is 7.03. The zero-order valence-electron chi connectivity index (χ0n) is 14.3. The van der Waals surface area contributed by atoms with Gasteiger partial charge in [0.25, 0.3) is 0 Å². The lowest BCUT2D eigenvalue weighted by atomic mass is 10.1. The van der Waals surface area contributed by atoms with Gasteiger partial charge in [0.15, 0.2) is 0 Å². The predicted molar refractivity (Wildman–Crippen MR) is 92.2 cm³/mol. The number of carbonyl (C=O) groups excluding carboxylic acids is 1. The topological polar surface area (TPSA) is 75.7 Å². The smallest absolute Gasteiger partial charge is 0.240 e. The van der Waals surface area contributed by atoms with Gasteiger partial charge >= 0.3 is 0 Å². The van der Waals surface area contributed by atoms with E-state index in [2.05, 4.69) is 5.32 Å². The summed E-state index contributed by atoms with van der Waals surface area (Å²) in [4.78, 5) is 12.1. The molecule has 6 nitrogen and oxygen atoms in total. The van der Waals surface area contributed by atoms with Gasteiger partial charge in [-0.1, -0.05) is 18.2 Å². The van der Waals surface area contributed by atoms with Crippen molar-refractivity contribution in [2.75, 3.05) is 36.9 Å². The van der Waals surface area contributed by atoms with Crippen LogP contribution in [0.1, 0.15) is 24.5 Å². The van der Waals surface area contributed by atoms with Gasteiger partial charge in [-0.15, -0.1) is 0 Å². The highest BCUT2D eigenvalue weighted by Crippen LogP contribution is 2.26. The van der Waals surface area contributed by atoms with E-state index < -0.39 is 10.0 Å². The molecule has 0 unspecified atom stereocenters. The molecule has 0 heterocycles. The van der Waals surface area contributed by atoms with E-state index in [9.17, 15) is 13.2 Å². The third-order valence-electron chi connectivity index (χ3n) is 3.37. The van der Waals surface area contributed by atoms with Crippen LogP contribution >= 0.6 is 0 Å². The van der Waals surface area contributed by atoms with E-state index in [1.54, 1.807) is 0 Å². The summed E-state index contributed by atoms with van der Waals surface area (Å²) in [5.74, 6) is -0.324. The fraction of sp³-hybridized carbons (Fsp3) is 0.562. The van der Waals surface area contributed by atoms with E-state index in [0.29, 0.717) is 31.9 Å². The van der Waals surface area contributed by atoms with E-state index in [4.69, 9.17) is 4.74 Å². The highest BCUT2D eigenvalue weighted by molar-refractivity contribution is 7.92. The monoisotopic (exact) mass is 342 g/mol. The van der Waals surface area contributed by atoms with E-state index >= 15 is 0 Å². The third-order valence-corrected chi connectivity index (χ3v) is 4.48. The van der Waals surface area contributed by atoms with Crippen molar-refractivity contribution in [2.24, 2.45) is 0 Å². The minimum atomic E-state index is -3.55. The summed E-state index contributed by atoms with van der Waals surface area (Å²) in [5.41, 5.74) is 2.21. The Kier molecular flexibility index (Phi) is 7.51. The fourth-order valence-corrected chi connectivity index (χ4v) is 3.27. The second-order valence-corrected chi connectivity index (χ2v) is 7.32. The van der Waals surface area contributed by atoms with Crippen molar-refractivity contribution >= 4 is 21.6 Å². The normalized spacial score (nSPS) is 11.3. The molecule has 23 heavy (non-hydrogen) atoms. The highest BCUT2D eigenvalue weighted by Gasteiger charge is 2.23. The largest absolute Gasteiger partial charge is 0.382 e. The molecule has 0 bridgehead atoms. The quantitative estimate of drug-likeness (QED) is 0.692. The molecular weight excluding hydrogens is 316 g/mol. The first-order valence-electron chi connectivity index (χ1n) is 7.65. The van der Waals surface area contributed by atoms with Crippen LogP contribution in [0.3, 0.4) is 0 Å². The van der Waals surface area contributed by atoms with Gasteiger partial charge in [-0.3, -0.25) is 9.10 Å². The van der Waals surface area contributed by atoms with Gasteiger partial charge in [0.05, 0.1) is 11.9 Å². The van der Waals surface area contributed by atoms with Crippen molar-refractivity contribution in [1.29, 1.82) is 0 Å². The van der Waals surface area contributed by atoms with E-state index in [1.165, 1.54) is 0 Å². The summed E-state index contributed by atoms with van der Waals surface area (Å²) in [7, 11) is -3.55. The lowest BCUT2D eigenvalue weighted by Gasteiger charge is -2.25. The molecule has 0 spiro atoms. The maximum atomic E-state index is 12.1. The Labute approximate surface area is 138 Å². The molecule has 0 aromatic heterocycles. The minimum absolute atomic E-state index is 0.223. The Morgan fingerprint density at radius 3 is 2.39 bits per heavy atom. The molecule has 1 aromatic carbocycles. The van der Waals surface area contributed by atoms with Gasteiger partial charge in [-0.05, 0) is 38.3 Å². The molecule has 1 aromatic rings. The zero-order chi connectivity index (χ0) is 17.5. The summed E-state index contributed by atoms with van der Waals surface area (Å²) in [5, 5.41) is 2.73. The maximum Gasteiger partial charge on any atom is 0.240 e. The molecule has 0 aliphatic carbocycles. The lowest BCUT2D eigenvalue weighted by Crippen LogP contribution is -2.41. The summed E-state index contributed by atoms with van der Waals surface area (Å²) < 4.78 is 30.6. The van der Waals surface area contributed by atoms with Gasteiger partial charge in [0.1, 0.15) is 6.54 Å². The molecule has 1 rings (SSSR count). The van der Waals surface area contributed by atoms with Crippen molar-refractivity contribution in [3.63, 3.8) is 0 Å². The Hall–Kier alpha value is -1.60. The Balaban J connectivity index is 2.80. The number of aryl methyl sites for hydroxylation is 2. The molecule has 1 N–H and O–H groups in total. The van der Waals surface area contributed by atoms with Crippen LogP contribution in [0.5, 0.6) is 0 Å². The second kappa shape index (κ2) is 8.88. The molecule has 0 saturated carbocycles. The molecule has 0 atom stereocenters. The minimum Gasteiger partial charge on any atom is -0.382 e. The number of nitrogens with zero attached hydrogens (tertiary/aromatic N) is 1. The van der Waals surface area contributed by atoms with Crippen LogP contribution in [0.2, 0.25) is 0 Å². The molecular formula is C16H26N2O4S. The van der Waals surface area contributed by atoms with Crippen LogP contribution in [0.4, 0.5) is 5.69 Å². The predicted octanol–water partition coefficient (Wildman–Crippen LogP) is 1.61. The van der Waals surface area contributed by atoms with Crippen LogP contribution in [-0.4, -0.2) is 46.9 Å². The molecule has 0 saturated heterocycles. The second-order valence-electron chi connectivity index (χ2n) is 5.41. The average molecular weight is 342 g/mol. The summed E-state index contributed by atoms with van der Waals surface area (Å²) in [6.07, 6.45) is 1.81. The van der Waals surface area contributed by atoms with Crippen LogP contribution in [0.25, 0.3) is 0 Å².